The topological polar surface area (TPSA) is 47.0 Å². The van der Waals surface area contributed by atoms with E-state index in [1.54, 1.807) is 0 Å². The molecule has 1 aromatic heterocycles. The number of nitrogens with one attached hydrogen (secondary N) is 1. The van der Waals surface area contributed by atoms with Gasteiger partial charge in [0.1, 0.15) is 11.6 Å². The third kappa shape index (κ3) is 5.45. The van der Waals surface area contributed by atoms with Gasteiger partial charge in [-0.15, -0.1) is 0 Å². The molecule has 0 spiro atoms. The number of aromatic nitrogens is 2. The van der Waals surface area contributed by atoms with Crippen molar-refractivity contribution in [1.82, 2.24) is 9.97 Å². The molecule has 0 radical (unpaired) electrons. The Morgan fingerprint density at radius 1 is 1.26 bits per heavy atom. The summed E-state index contributed by atoms with van der Waals surface area (Å²) in [7, 11) is 1.86. The van der Waals surface area contributed by atoms with Gasteiger partial charge in [-0.1, -0.05) is 34.6 Å². The summed E-state index contributed by atoms with van der Waals surface area (Å²) >= 11 is 0. The number of hydrogen-bond donors (Lipinski definition) is 1. The van der Waals surface area contributed by atoms with Crippen LogP contribution in [0, 0.1) is 5.92 Å². The lowest BCUT2D eigenvalue weighted by Gasteiger charge is -2.18. The average Bonchev–Trinajstić information content (AvgIpc) is 2.33. The molecule has 0 atom stereocenters. The maximum Gasteiger partial charge on any atom is 0.218 e. The highest BCUT2D eigenvalue weighted by molar-refractivity contribution is 5.38. The molecule has 0 saturated heterocycles. The highest BCUT2D eigenvalue weighted by Crippen LogP contribution is 2.23. The molecule has 0 aromatic carbocycles. The third-order valence-electron chi connectivity index (χ3n) is 2.81. The Morgan fingerprint density at radius 3 is 2.47 bits per heavy atom. The molecule has 4 heteroatoms. The van der Waals surface area contributed by atoms with E-state index in [1.165, 1.54) is 6.42 Å². The Labute approximate surface area is 117 Å². The fourth-order valence-corrected chi connectivity index (χ4v) is 1.63. The van der Waals surface area contributed by atoms with Gasteiger partial charge in [0.2, 0.25) is 5.88 Å². The zero-order valence-electron chi connectivity index (χ0n) is 13.1. The zero-order valence-corrected chi connectivity index (χ0v) is 13.1. The van der Waals surface area contributed by atoms with Crippen LogP contribution >= 0.6 is 0 Å². The summed E-state index contributed by atoms with van der Waals surface area (Å²) in [6, 6.07) is 1.85. The standard InChI is InChI=1S/C15H27N3O/c1-11(2)8-7-9-19-13-10-12(16-6)17-14(18-13)15(3,4)5/h10-11H,7-9H2,1-6H3,(H,16,17,18). The summed E-state index contributed by atoms with van der Waals surface area (Å²) < 4.78 is 5.74. The normalized spacial score (nSPS) is 11.7. The number of nitrogens with zero attached hydrogens (tertiary/aromatic N) is 2. The molecule has 1 rings (SSSR count). The minimum atomic E-state index is -0.0805. The lowest BCUT2D eigenvalue weighted by Crippen LogP contribution is -2.17. The van der Waals surface area contributed by atoms with Crippen molar-refractivity contribution in [3.8, 4) is 5.88 Å². The van der Waals surface area contributed by atoms with Crippen molar-refractivity contribution in [3.63, 3.8) is 0 Å². The third-order valence-corrected chi connectivity index (χ3v) is 2.81. The highest BCUT2D eigenvalue weighted by atomic mass is 16.5. The first kappa shape index (κ1) is 15.7. The van der Waals surface area contributed by atoms with Crippen molar-refractivity contribution in [2.75, 3.05) is 19.0 Å². The Balaban J connectivity index is 2.72. The van der Waals surface area contributed by atoms with Crippen LogP contribution in [0.15, 0.2) is 6.07 Å². The van der Waals surface area contributed by atoms with E-state index in [9.17, 15) is 0 Å². The Hall–Kier alpha value is -1.32. The maximum atomic E-state index is 5.74. The van der Waals surface area contributed by atoms with E-state index in [0.29, 0.717) is 18.4 Å². The molecule has 0 aliphatic heterocycles. The largest absolute Gasteiger partial charge is 0.478 e. The van der Waals surface area contributed by atoms with Crippen molar-refractivity contribution < 1.29 is 4.74 Å². The van der Waals surface area contributed by atoms with Gasteiger partial charge in [0.15, 0.2) is 0 Å². The summed E-state index contributed by atoms with van der Waals surface area (Å²) in [4.78, 5) is 8.97. The Kier molecular flexibility index (Phi) is 5.58. The van der Waals surface area contributed by atoms with Gasteiger partial charge in [-0.25, -0.2) is 4.98 Å². The first-order chi connectivity index (χ1) is 8.82. The van der Waals surface area contributed by atoms with Gasteiger partial charge < -0.3 is 10.1 Å². The number of ether oxygens (including phenoxy) is 1. The summed E-state index contributed by atoms with van der Waals surface area (Å²) in [6.45, 7) is 11.5. The van der Waals surface area contributed by atoms with Crippen molar-refractivity contribution >= 4 is 5.82 Å². The highest BCUT2D eigenvalue weighted by Gasteiger charge is 2.19. The van der Waals surface area contributed by atoms with Gasteiger partial charge in [0, 0.05) is 18.5 Å². The molecule has 0 aliphatic rings. The van der Waals surface area contributed by atoms with E-state index in [2.05, 4.69) is 49.9 Å². The molecule has 0 amide bonds. The van der Waals surface area contributed by atoms with Crippen LogP contribution in [0.5, 0.6) is 5.88 Å². The van der Waals surface area contributed by atoms with Crippen LogP contribution in [0.1, 0.15) is 53.3 Å². The van der Waals surface area contributed by atoms with E-state index in [1.807, 2.05) is 13.1 Å². The molecule has 0 unspecified atom stereocenters. The maximum absolute atomic E-state index is 5.74. The van der Waals surface area contributed by atoms with Crippen LogP contribution in [0.25, 0.3) is 0 Å². The van der Waals surface area contributed by atoms with E-state index in [4.69, 9.17) is 4.74 Å². The van der Waals surface area contributed by atoms with Crippen LogP contribution in [0.3, 0.4) is 0 Å². The minimum absolute atomic E-state index is 0.0805. The van der Waals surface area contributed by atoms with Gasteiger partial charge in [-0.05, 0) is 18.8 Å². The lowest BCUT2D eigenvalue weighted by atomic mass is 9.96. The van der Waals surface area contributed by atoms with E-state index < -0.39 is 0 Å². The Bertz CT molecular complexity index is 397. The number of hydrogen-bond acceptors (Lipinski definition) is 4. The van der Waals surface area contributed by atoms with Crippen LogP contribution in [0.4, 0.5) is 5.82 Å². The first-order valence-corrected chi connectivity index (χ1v) is 7.03. The molecular formula is C15H27N3O. The molecule has 1 N–H and O–H groups in total. The van der Waals surface area contributed by atoms with Crippen molar-refractivity contribution in [2.45, 2.75) is 52.9 Å². The van der Waals surface area contributed by atoms with E-state index >= 15 is 0 Å². The lowest BCUT2D eigenvalue weighted by molar-refractivity contribution is 0.284. The fraction of sp³-hybridized carbons (Fsp3) is 0.733. The van der Waals surface area contributed by atoms with Gasteiger partial charge >= 0.3 is 0 Å². The molecule has 0 bridgehead atoms. The van der Waals surface area contributed by atoms with Gasteiger partial charge in [-0.2, -0.15) is 4.98 Å². The van der Waals surface area contributed by atoms with Crippen molar-refractivity contribution in [2.24, 2.45) is 5.92 Å². The molecule has 108 valence electrons. The van der Waals surface area contributed by atoms with Gasteiger partial charge in [0.25, 0.3) is 0 Å². The molecule has 0 saturated carbocycles. The second-order valence-electron chi connectivity index (χ2n) is 6.30. The molecular weight excluding hydrogens is 238 g/mol. The van der Waals surface area contributed by atoms with E-state index in [-0.39, 0.29) is 5.41 Å². The fourth-order valence-electron chi connectivity index (χ4n) is 1.63. The predicted octanol–water partition coefficient (Wildman–Crippen LogP) is 3.63. The summed E-state index contributed by atoms with van der Waals surface area (Å²) in [5.41, 5.74) is -0.0805. The van der Waals surface area contributed by atoms with Crippen LogP contribution in [0.2, 0.25) is 0 Å². The molecule has 19 heavy (non-hydrogen) atoms. The van der Waals surface area contributed by atoms with Crippen LogP contribution < -0.4 is 10.1 Å². The zero-order chi connectivity index (χ0) is 14.5. The predicted molar refractivity (Wildman–Crippen MR) is 79.8 cm³/mol. The number of rotatable bonds is 6. The molecule has 0 aliphatic carbocycles. The minimum Gasteiger partial charge on any atom is -0.478 e. The summed E-state index contributed by atoms with van der Waals surface area (Å²) in [6.07, 6.45) is 2.23. The van der Waals surface area contributed by atoms with Gasteiger partial charge in [-0.3, -0.25) is 0 Å². The Morgan fingerprint density at radius 2 is 1.95 bits per heavy atom. The monoisotopic (exact) mass is 265 g/mol. The molecule has 4 nitrogen and oxygen atoms in total. The average molecular weight is 265 g/mol. The molecule has 1 aromatic rings. The number of anilines is 1. The smallest absolute Gasteiger partial charge is 0.218 e. The molecule has 0 fully saturated rings. The SMILES string of the molecule is CNc1cc(OCCCC(C)C)nc(C(C)(C)C)n1. The second-order valence-corrected chi connectivity index (χ2v) is 6.30. The van der Waals surface area contributed by atoms with Crippen molar-refractivity contribution in [3.05, 3.63) is 11.9 Å². The first-order valence-electron chi connectivity index (χ1n) is 7.03. The van der Waals surface area contributed by atoms with E-state index in [0.717, 1.165) is 18.1 Å². The summed E-state index contributed by atoms with van der Waals surface area (Å²) in [5.74, 6) is 2.98. The molecule has 1 heterocycles. The van der Waals surface area contributed by atoms with Crippen LogP contribution in [-0.2, 0) is 5.41 Å². The second kappa shape index (κ2) is 6.73. The summed E-state index contributed by atoms with van der Waals surface area (Å²) in [5, 5.41) is 3.06. The quantitative estimate of drug-likeness (QED) is 0.798. The van der Waals surface area contributed by atoms with Crippen molar-refractivity contribution in [1.29, 1.82) is 0 Å². The van der Waals surface area contributed by atoms with Crippen LogP contribution in [-0.4, -0.2) is 23.6 Å². The van der Waals surface area contributed by atoms with Gasteiger partial charge in [0.05, 0.1) is 6.61 Å².